The van der Waals surface area contributed by atoms with Crippen LogP contribution in [0.25, 0.3) is 0 Å². The molecular weight excluding hydrogens is 356 g/mol. The van der Waals surface area contributed by atoms with E-state index >= 15 is 0 Å². The highest BCUT2D eigenvalue weighted by atomic mass is 16.5. The number of amides is 1. The van der Waals surface area contributed by atoms with Crippen LogP contribution in [0.15, 0.2) is 36.5 Å². The Morgan fingerprint density at radius 3 is 2.82 bits per heavy atom. The Bertz CT molecular complexity index is 791. The molecule has 1 aromatic carbocycles. The Kier molecular flexibility index (Phi) is 7.22. The maximum absolute atomic E-state index is 12.6. The number of hydrogen-bond acceptors (Lipinski definition) is 6. The Labute approximate surface area is 166 Å². The van der Waals surface area contributed by atoms with Gasteiger partial charge in [-0.3, -0.25) is 9.69 Å². The van der Waals surface area contributed by atoms with E-state index in [0.717, 1.165) is 56.3 Å². The van der Waals surface area contributed by atoms with Gasteiger partial charge in [0, 0.05) is 43.1 Å². The Balaban J connectivity index is 1.57. The largest absolute Gasteiger partial charge is 0.497 e. The van der Waals surface area contributed by atoms with Gasteiger partial charge in [0.2, 0.25) is 0 Å². The van der Waals surface area contributed by atoms with E-state index < -0.39 is 0 Å². The minimum Gasteiger partial charge on any atom is -0.497 e. The molecule has 3 rings (SSSR count). The zero-order chi connectivity index (χ0) is 19.8. The van der Waals surface area contributed by atoms with Gasteiger partial charge < -0.3 is 20.1 Å². The second-order valence-electron chi connectivity index (χ2n) is 6.86. The third-order valence-electron chi connectivity index (χ3n) is 4.63. The number of morpholine rings is 1. The minimum atomic E-state index is -0.110. The molecule has 2 heterocycles. The molecule has 1 aromatic heterocycles. The highest BCUT2D eigenvalue weighted by Crippen LogP contribution is 2.23. The van der Waals surface area contributed by atoms with Crippen LogP contribution in [0.4, 0.5) is 11.5 Å². The van der Waals surface area contributed by atoms with E-state index in [4.69, 9.17) is 9.47 Å². The third kappa shape index (κ3) is 5.94. The summed E-state index contributed by atoms with van der Waals surface area (Å²) in [5, 5.41) is 6.23. The van der Waals surface area contributed by atoms with Crippen LogP contribution in [0, 0.1) is 6.92 Å². The van der Waals surface area contributed by atoms with E-state index in [0.29, 0.717) is 17.9 Å². The van der Waals surface area contributed by atoms with E-state index in [9.17, 15) is 4.79 Å². The van der Waals surface area contributed by atoms with Crippen molar-refractivity contribution in [1.29, 1.82) is 0 Å². The van der Waals surface area contributed by atoms with E-state index in [1.165, 1.54) is 0 Å². The number of anilines is 2. The van der Waals surface area contributed by atoms with Crippen LogP contribution in [0.5, 0.6) is 5.75 Å². The van der Waals surface area contributed by atoms with Crippen LogP contribution in [-0.4, -0.2) is 62.3 Å². The standard InChI is InChI=1S/C21H28N4O3/c1-16-4-6-22-20(12-16)24-18-13-17(14-19(15-18)27-2)21(26)23-5-3-7-25-8-10-28-11-9-25/h4,6,12-15H,3,5,7-11H2,1-2H3,(H,22,24)(H,23,26). The first-order valence-electron chi connectivity index (χ1n) is 9.61. The normalized spacial score (nSPS) is 14.5. The van der Waals surface area contributed by atoms with Gasteiger partial charge in [0.05, 0.1) is 20.3 Å². The van der Waals surface area contributed by atoms with Gasteiger partial charge in [-0.15, -0.1) is 0 Å². The Morgan fingerprint density at radius 2 is 2.07 bits per heavy atom. The molecular formula is C21H28N4O3. The first kappa shape index (κ1) is 20.1. The van der Waals surface area contributed by atoms with E-state index in [2.05, 4.69) is 20.5 Å². The summed E-state index contributed by atoms with van der Waals surface area (Å²) in [6, 6.07) is 9.28. The molecule has 7 nitrogen and oxygen atoms in total. The molecule has 0 atom stereocenters. The van der Waals surface area contributed by atoms with Gasteiger partial charge in [-0.25, -0.2) is 4.98 Å². The summed E-state index contributed by atoms with van der Waals surface area (Å²) in [5.74, 6) is 1.24. The van der Waals surface area contributed by atoms with Crippen molar-refractivity contribution in [3.63, 3.8) is 0 Å². The molecule has 0 saturated carbocycles. The van der Waals surface area contributed by atoms with Crippen molar-refractivity contribution in [3.05, 3.63) is 47.7 Å². The summed E-state index contributed by atoms with van der Waals surface area (Å²) >= 11 is 0. The molecule has 0 aliphatic carbocycles. The molecule has 1 amide bonds. The first-order chi connectivity index (χ1) is 13.6. The van der Waals surface area contributed by atoms with E-state index in [-0.39, 0.29) is 5.91 Å². The minimum absolute atomic E-state index is 0.110. The van der Waals surface area contributed by atoms with Crippen molar-refractivity contribution in [3.8, 4) is 5.75 Å². The molecule has 0 radical (unpaired) electrons. The summed E-state index contributed by atoms with van der Waals surface area (Å²) in [7, 11) is 1.59. The number of carbonyl (C=O) groups excluding carboxylic acids is 1. The van der Waals surface area contributed by atoms with Crippen LogP contribution in [0.1, 0.15) is 22.3 Å². The number of aromatic nitrogens is 1. The molecule has 2 aromatic rings. The molecule has 150 valence electrons. The van der Waals surface area contributed by atoms with E-state index in [1.807, 2.05) is 31.2 Å². The summed E-state index contributed by atoms with van der Waals surface area (Å²) in [4.78, 5) is 19.2. The van der Waals surface area contributed by atoms with Gasteiger partial charge in [0.15, 0.2) is 0 Å². The van der Waals surface area contributed by atoms with Crippen molar-refractivity contribution >= 4 is 17.4 Å². The average Bonchev–Trinajstić information content (AvgIpc) is 2.71. The number of nitrogens with zero attached hydrogens (tertiary/aromatic N) is 2. The molecule has 0 spiro atoms. The van der Waals surface area contributed by atoms with Crippen LogP contribution in [0.3, 0.4) is 0 Å². The SMILES string of the molecule is COc1cc(Nc2cc(C)ccn2)cc(C(=O)NCCCN2CCOCC2)c1. The lowest BCUT2D eigenvalue weighted by molar-refractivity contribution is 0.0374. The number of pyridine rings is 1. The lowest BCUT2D eigenvalue weighted by Crippen LogP contribution is -2.38. The number of nitrogens with one attached hydrogen (secondary N) is 2. The van der Waals surface area contributed by atoms with Crippen molar-refractivity contribution in [1.82, 2.24) is 15.2 Å². The van der Waals surface area contributed by atoms with Gasteiger partial charge >= 0.3 is 0 Å². The number of aryl methyl sites for hydroxylation is 1. The zero-order valence-corrected chi connectivity index (χ0v) is 16.5. The topological polar surface area (TPSA) is 75.7 Å². The van der Waals surface area contributed by atoms with Crippen LogP contribution >= 0.6 is 0 Å². The summed E-state index contributed by atoms with van der Waals surface area (Å²) in [6.45, 7) is 7.12. The highest BCUT2D eigenvalue weighted by Gasteiger charge is 2.12. The zero-order valence-electron chi connectivity index (χ0n) is 16.5. The van der Waals surface area contributed by atoms with Crippen molar-refractivity contribution in [2.45, 2.75) is 13.3 Å². The fraction of sp³-hybridized carbons (Fsp3) is 0.429. The number of methoxy groups -OCH3 is 1. The predicted octanol–water partition coefficient (Wildman–Crippen LogP) is 2.59. The van der Waals surface area contributed by atoms with Crippen LogP contribution in [-0.2, 0) is 4.74 Å². The van der Waals surface area contributed by atoms with Gasteiger partial charge in [-0.1, -0.05) is 0 Å². The molecule has 1 aliphatic heterocycles. The second-order valence-corrected chi connectivity index (χ2v) is 6.86. The number of rotatable bonds is 8. The Hall–Kier alpha value is -2.64. The van der Waals surface area contributed by atoms with Gasteiger partial charge in [0.1, 0.15) is 11.6 Å². The third-order valence-corrected chi connectivity index (χ3v) is 4.63. The smallest absolute Gasteiger partial charge is 0.251 e. The Morgan fingerprint density at radius 1 is 1.25 bits per heavy atom. The highest BCUT2D eigenvalue weighted by molar-refractivity contribution is 5.95. The van der Waals surface area contributed by atoms with E-state index in [1.54, 1.807) is 19.4 Å². The van der Waals surface area contributed by atoms with Crippen molar-refractivity contribution in [2.75, 3.05) is 51.8 Å². The second kappa shape index (κ2) is 10.1. The molecule has 0 bridgehead atoms. The molecule has 28 heavy (non-hydrogen) atoms. The fourth-order valence-corrected chi connectivity index (χ4v) is 3.10. The summed E-state index contributed by atoms with van der Waals surface area (Å²) < 4.78 is 10.7. The monoisotopic (exact) mass is 384 g/mol. The lowest BCUT2D eigenvalue weighted by atomic mass is 10.1. The molecule has 1 aliphatic rings. The molecule has 7 heteroatoms. The lowest BCUT2D eigenvalue weighted by Gasteiger charge is -2.26. The molecule has 2 N–H and O–H groups in total. The van der Waals surface area contributed by atoms with Gasteiger partial charge in [-0.2, -0.15) is 0 Å². The molecule has 1 fully saturated rings. The molecule has 0 unspecified atom stereocenters. The quantitative estimate of drug-likeness (QED) is 0.682. The van der Waals surface area contributed by atoms with Crippen LogP contribution < -0.4 is 15.4 Å². The maximum atomic E-state index is 12.6. The van der Waals surface area contributed by atoms with Gasteiger partial charge in [0.25, 0.3) is 5.91 Å². The maximum Gasteiger partial charge on any atom is 0.251 e. The number of benzene rings is 1. The van der Waals surface area contributed by atoms with Gasteiger partial charge in [-0.05, 0) is 49.7 Å². The number of hydrogen-bond donors (Lipinski definition) is 2. The van der Waals surface area contributed by atoms with Crippen LogP contribution in [0.2, 0.25) is 0 Å². The number of carbonyl (C=O) groups is 1. The van der Waals surface area contributed by atoms with Crippen molar-refractivity contribution < 1.29 is 14.3 Å². The summed E-state index contributed by atoms with van der Waals surface area (Å²) in [6.07, 6.45) is 2.66. The fourth-order valence-electron chi connectivity index (χ4n) is 3.10. The molecule has 1 saturated heterocycles. The summed E-state index contributed by atoms with van der Waals surface area (Å²) in [5.41, 5.74) is 2.43. The first-order valence-corrected chi connectivity index (χ1v) is 9.61. The van der Waals surface area contributed by atoms with Crippen molar-refractivity contribution in [2.24, 2.45) is 0 Å². The number of ether oxygens (including phenoxy) is 2. The average molecular weight is 384 g/mol. The predicted molar refractivity (Wildman–Crippen MR) is 109 cm³/mol.